The van der Waals surface area contributed by atoms with Crippen LogP contribution in [0.3, 0.4) is 0 Å². The molecular weight excluding hydrogens is 330 g/mol. The SMILES string of the molecule is Cn1ncc(C2CC2)c1/C=C/C(=O)c1ccc(N2C(=O)CCC2=O)cc1. The third kappa shape index (κ3) is 2.98. The van der Waals surface area contributed by atoms with Gasteiger partial charge in [0.1, 0.15) is 0 Å². The first-order valence-electron chi connectivity index (χ1n) is 8.75. The Bertz CT molecular complexity index is 904. The molecule has 6 nitrogen and oxygen atoms in total. The summed E-state index contributed by atoms with van der Waals surface area (Å²) < 4.78 is 1.78. The van der Waals surface area contributed by atoms with Crippen molar-refractivity contribution in [1.29, 1.82) is 0 Å². The van der Waals surface area contributed by atoms with E-state index in [-0.39, 0.29) is 30.4 Å². The molecule has 0 bridgehead atoms. The van der Waals surface area contributed by atoms with Crippen LogP contribution in [0.4, 0.5) is 5.69 Å². The van der Waals surface area contributed by atoms with Crippen molar-refractivity contribution >= 4 is 29.4 Å². The topological polar surface area (TPSA) is 72.3 Å². The Balaban J connectivity index is 1.51. The fourth-order valence-electron chi connectivity index (χ4n) is 3.27. The zero-order chi connectivity index (χ0) is 18.3. The minimum Gasteiger partial charge on any atom is -0.289 e. The molecule has 0 atom stereocenters. The minimum absolute atomic E-state index is 0.126. The smallest absolute Gasteiger partial charge is 0.234 e. The van der Waals surface area contributed by atoms with Crippen molar-refractivity contribution in [2.75, 3.05) is 4.90 Å². The Kier molecular flexibility index (Phi) is 4.03. The van der Waals surface area contributed by atoms with Crippen molar-refractivity contribution in [3.63, 3.8) is 0 Å². The van der Waals surface area contributed by atoms with Crippen LogP contribution in [0.1, 0.15) is 53.2 Å². The normalized spacial score (nSPS) is 17.5. The minimum atomic E-state index is -0.196. The Labute approximate surface area is 151 Å². The quantitative estimate of drug-likeness (QED) is 0.473. The van der Waals surface area contributed by atoms with Crippen LogP contribution in [0.5, 0.6) is 0 Å². The summed E-state index contributed by atoms with van der Waals surface area (Å²) in [5, 5.41) is 4.28. The second-order valence-electron chi connectivity index (χ2n) is 6.75. The summed E-state index contributed by atoms with van der Waals surface area (Å²) in [5.74, 6) is 0.0439. The molecule has 2 amide bonds. The van der Waals surface area contributed by atoms with Crippen LogP contribution >= 0.6 is 0 Å². The number of hydrogen-bond acceptors (Lipinski definition) is 4. The number of nitrogens with zero attached hydrogens (tertiary/aromatic N) is 3. The molecule has 0 spiro atoms. The van der Waals surface area contributed by atoms with E-state index in [9.17, 15) is 14.4 Å². The molecular formula is C20H19N3O3. The number of imide groups is 1. The summed E-state index contributed by atoms with van der Waals surface area (Å²) >= 11 is 0. The number of aryl methyl sites for hydroxylation is 1. The molecule has 1 saturated carbocycles. The van der Waals surface area contributed by atoms with Crippen molar-refractivity contribution in [2.45, 2.75) is 31.6 Å². The van der Waals surface area contributed by atoms with E-state index in [0.717, 1.165) is 5.69 Å². The molecule has 1 aromatic carbocycles. The lowest BCUT2D eigenvalue weighted by atomic mass is 10.1. The lowest BCUT2D eigenvalue weighted by molar-refractivity contribution is -0.121. The zero-order valence-corrected chi connectivity index (χ0v) is 14.5. The van der Waals surface area contributed by atoms with Crippen LogP contribution in [0.15, 0.2) is 36.5 Å². The number of benzene rings is 1. The number of allylic oxidation sites excluding steroid dienone is 1. The summed E-state index contributed by atoms with van der Waals surface area (Å²) in [4.78, 5) is 37.2. The molecule has 2 fully saturated rings. The number of aromatic nitrogens is 2. The Morgan fingerprint density at radius 2 is 1.77 bits per heavy atom. The van der Waals surface area contributed by atoms with Gasteiger partial charge in [0.25, 0.3) is 0 Å². The summed E-state index contributed by atoms with van der Waals surface area (Å²) in [7, 11) is 1.87. The number of ketones is 1. The molecule has 2 heterocycles. The third-order valence-electron chi connectivity index (χ3n) is 4.89. The van der Waals surface area contributed by atoms with E-state index < -0.39 is 0 Å². The molecule has 26 heavy (non-hydrogen) atoms. The summed E-state index contributed by atoms with van der Waals surface area (Å²) in [6, 6.07) is 6.57. The van der Waals surface area contributed by atoms with Crippen molar-refractivity contribution in [3.05, 3.63) is 53.4 Å². The van der Waals surface area contributed by atoms with Crippen molar-refractivity contribution in [3.8, 4) is 0 Å². The van der Waals surface area contributed by atoms with E-state index in [0.29, 0.717) is 17.2 Å². The van der Waals surface area contributed by atoms with E-state index >= 15 is 0 Å². The van der Waals surface area contributed by atoms with E-state index in [1.54, 1.807) is 35.0 Å². The predicted octanol–water partition coefficient (Wildman–Crippen LogP) is 2.85. The predicted molar refractivity (Wildman–Crippen MR) is 96.7 cm³/mol. The van der Waals surface area contributed by atoms with Crippen molar-refractivity contribution in [2.24, 2.45) is 7.05 Å². The first-order valence-corrected chi connectivity index (χ1v) is 8.75. The second kappa shape index (κ2) is 6.37. The maximum Gasteiger partial charge on any atom is 0.234 e. The molecule has 6 heteroatoms. The van der Waals surface area contributed by atoms with Crippen LogP contribution in [-0.2, 0) is 16.6 Å². The molecule has 1 aromatic heterocycles. The second-order valence-corrected chi connectivity index (χ2v) is 6.75. The summed E-state index contributed by atoms with van der Waals surface area (Å²) in [6.45, 7) is 0. The largest absolute Gasteiger partial charge is 0.289 e. The molecule has 0 unspecified atom stereocenters. The van der Waals surface area contributed by atoms with Crippen molar-refractivity contribution < 1.29 is 14.4 Å². The molecule has 1 saturated heterocycles. The average molecular weight is 349 g/mol. The maximum atomic E-state index is 12.4. The number of hydrogen-bond donors (Lipinski definition) is 0. The number of rotatable bonds is 5. The van der Waals surface area contributed by atoms with Crippen LogP contribution in [0, 0.1) is 0 Å². The van der Waals surface area contributed by atoms with Gasteiger partial charge < -0.3 is 0 Å². The molecule has 1 aliphatic carbocycles. The molecule has 2 aromatic rings. The molecule has 132 valence electrons. The van der Waals surface area contributed by atoms with Gasteiger partial charge in [-0.3, -0.25) is 24.0 Å². The van der Waals surface area contributed by atoms with E-state index in [1.165, 1.54) is 23.3 Å². The molecule has 1 aliphatic heterocycles. The van der Waals surface area contributed by atoms with Gasteiger partial charge >= 0.3 is 0 Å². The Morgan fingerprint density at radius 1 is 1.12 bits per heavy atom. The summed E-state index contributed by atoms with van der Waals surface area (Å²) in [6.07, 6.45) is 8.08. The van der Waals surface area contributed by atoms with Gasteiger partial charge in [-0.15, -0.1) is 0 Å². The lowest BCUT2D eigenvalue weighted by Crippen LogP contribution is -2.28. The van der Waals surface area contributed by atoms with Crippen LogP contribution < -0.4 is 4.90 Å². The highest BCUT2D eigenvalue weighted by Crippen LogP contribution is 2.41. The summed E-state index contributed by atoms with van der Waals surface area (Å²) in [5.41, 5.74) is 3.18. The van der Waals surface area contributed by atoms with E-state index in [1.807, 2.05) is 19.3 Å². The zero-order valence-electron chi connectivity index (χ0n) is 14.5. The highest BCUT2D eigenvalue weighted by molar-refractivity contribution is 6.20. The van der Waals surface area contributed by atoms with Gasteiger partial charge in [-0.2, -0.15) is 5.10 Å². The Morgan fingerprint density at radius 3 is 2.38 bits per heavy atom. The van der Waals surface area contributed by atoms with Gasteiger partial charge in [0.2, 0.25) is 11.8 Å². The van der Waals surface area contributed by atoms with Crippen LogP contribution in [0.2, 0.25) is 0 Å². The van der Waals surface area contributed by atoms with Gasteiger partial charge in [-0.05, 0) is 55.2 Å². The van der Waals surface area contributed by atoms with Gasteiger partial charge in [0.15, 0.2) is 5.78 Å². The molecule has 4 rings (SSSR count). The van der Waals surface area contributed by atoms with Crippen LogP contribution in [0.25, 0.3) is 6.08 Å². The fraction of sp³-hybridized carbons (Fsp3) is 0.300. The van der Waals surface area contributed by atoms with Crippen molar-refractivity contribution in [1.82, 2.24) is 9.78 Å². The van der Waals surface area contributed by atoms with Crippen LogP contribution in [-0.4, -0.2) is 27.4 Å². The third-order valence-corrected chi connectivity index (χ3v) is 4.89. The molecule has 0 radical (unpaired) electrons. The monoisotopic (exact) mass is 349 g/mol. The number of amides is 2. The van der Waals surface area contributed by atoms with E-state index in [4.69, 9.17) is 0 Å². The standard InChI is InChI=1S/C20H19N3O3/c1-22-17(16(12-21-22)13-2-3-13)8-9-18(24)14-4-6-15(7-5-14)23-19(25)10-11-20(23)26/h4-9,12-13H,2-3,10-11H2,1H3/b9-8+. The van der Waals surface area contributed by atoms with Gasteiger partial charge in [-0.1, -0.05) is 0 Å². The highest BCUT2D eigenvalue weighted by atomic mass is 16.2. The Hall–Kier alpha value is -3.02. The average Bonchev–Trinajstić information content (AvgIpc) is 3.34. The fourth-order valence-corrected chi connectivity index (χ4v) is 3.27. The first-order chi connectivity index (χ1) is 12.5. The van der Waals surface area contributed by atoms with Gasteiger partial charge in [-0.25, -0.2) is 0 Å². The maximum absolute atomic E-state index is 12.4. The molecule has 0 N–H and O–H groups in total. The van der Waals surface area contributed by atoms with E-state index in [2.05, 4.69) is 5.10 Å². The number of anilines is 1. The first kappa shape index (κ1) is 16.4. The van der Waals surface area contributed by atoms with Gasteiger partial charge in [0.05, 0.1) is 17.6 Å². The highest BCUT2D eigenvalue weighted by Gasteiger charge is 2.30. The number of carbonyl (C=O) groups is 3. The number of carbonyl (C=O) groups excluding carboxylic acids is 3. The molecule has 2 aliphatic rings. The lowest BCUT2D eigenvalue weighted by Gasteiger charge is -2.13. The van der Waals surface area contributed by atoms with Gasteiger partial charge in [0, 0.05) is 31.0 Å².